The van der Waals surface area contributed by atoms with Gasteiger partial charge in [-0.25, -0.2) is 0 Å². The van der Waals surface area contributed by atoms with Gasteiger partial charge in [0.15, 0.2) is 6.10 Å². The maximum absolute atomic E-state index is 12.7. The zero-order valence-corrected chi connectivity index (χ0v) is 19.2. The van der Waals surface area contributed by atoms with Crippen LogP contribution in [-0.2, 0) is 9.59 Å². The summed E-state index contributed by atoms with van der Waals surface area (Å²) < 4.78 is 6.74. The number of anilines is 1. The molecule has 1 fully saturated rings. The van der Waals surface area contributed by atoms with Crippen LogP contribution in [-0.4, -0.2) is 60.4 Å². The van der Waals surface area contributed by atoms with Gasteiger partial charge in [-0.2, -0.15) is 0 Å². The summed E-state index contributed by atoms with van der Waals surface area (Å²) in [5, 5.41) is 3.00. The Hall–Kier alpha value is -2.38. The average molecular weight is 474 g/mol. The van der Waals surface area contributed by atoms with Crippen LogP contribution in [0.25, 0.3) is 0 Å². The second-order valence-electron chi connectivity index (χ2n) is 7.61. The van der Waals surface area contributed by atoms with Crippen molar-refractivity contribution in [1.82, 2.24) is 9.80 Å². The minimum atomic E-state index is -0.551. The number of halogens is 1. The molecule has 0 aliphatic carbocycles. The molecule has 2 aromatic carbocycles. The lowest BCUT2D eigenvalue weighted by Crippen LogP contribution is -2.53. The van der Waals surface area contributed by atoms with Crippen molar-refractivity contribution in [3.63, 3.8) is 0 Å². The highest BCUT2D eigenvalue weighted by Crippen LogP contribution is 2.19. The van der Waals surface area contributed by atoms with E-state index in [1.165, 1.54) is 0 Å². The van der Waals surface area contributed by atoms with E-state index in [9.17, 15) is 9.59 Å². The Labute approximate surface area is 186 Å². The van der Waals surface area contributed by atoms with Crippen LogP contribution in [0.4, 0.5) is 5.69 Å². The van der Waals surface area contributed by atoms with Gasteiger partial charge in [0.1, 0.15) is 5.75 Å². The molecule has 0 spiro atoms. The van der Waals surface area contributed by atoms with Gasteiger partial charge in [0, 0.05) is 36.3 Å². The highest BCUT2D eigenvalue weighted by Gasteiger charge is 2.26. The van der Waals surface area contributed by atoms with Gasteiger partial charge < -0.3 is 15.0 Å². The number of aryl methyl sites for hydroxylation is 1. The monoisotopic (exact) mass is 473 g/mol. The van der Waals surface area contributed by atoms with Gasteiger partial charge in [0.2, 0.25) is 5.91 Å². The Kier molecular flexibility index (Phi) is 7.50. The van der Waals surface area contributed by atoms with Crippen molar-refractivity contribution < 1.29 is 14.3 Å². The van der Waals surface area contributed by atoms with Crippen molar-refractivity contribution in [2.45, 2.75) is 26.9 Å². The summed E-state index contributed by atoms with van der Waals surface area (Å²) in [7, 11) is 0. The molecular weight excluding hydrogens is 446 g/mol. The third-order valence-corrected chi connectivity index (χ3v) is 5.93. The van der Waals surface area contributed by atoms with Gasteiger partial charge >= 0.3 is 0 Å². The van der Waals surface area contributed by atoms with Crippen LogP contribution in [0, 0.1) is 13.8 Å². The van der Waals surface area contributed by atoms with E-state index in [1.54, 1.807) is 6.92 Å². The number of ether oxygens (including phenoxy) is 1. The Morgan fingerprint density at radius 3 is 2.40 bits per heavy atom. The summed E-state index contributed by atoms with van der Waals surface area (Å²) in [6.45, 7) is 8.63. The first-order valence-corrected chi connectivity index (χ1v) is 10.9. The molecule has 1 heterocycles. The van der Waals surface area contributed by atoms with Crippen molar-refractivity contribution >= 4 is 33.4 Å². The number of hydrogen-bond acceptors (Lipinski definition) is 4. The Morgan fingerprint density at radius 1 is 1.07 bits per heavy atom. The lowest BCUT2D eigenvalue weighted by Gasteiger charge is -2.35. The number of piperazine rings is 1. The van der Waals surface area contributed by atoms with Crippen molar-refractivity contribution in [3.8, 4) is 5.75 Å². The molecule has 1 aliphatic heterocycles. The van der Waals surface area contributed by atoms with E-state index in [2.05, 4.69) is 26.1 Å². The maximum Gasteiger partial charge on any atom is 0.263 e. The van der Waals surface area contributed by atoms with E-state index < -0.39 is 6.10 Å². The molecule has 1 aliphatic rings. The predicted molar refractivity (Wildman–Crippen MR) is 122 cm³/mol. The highest BCUT2D eigenvalue weighted by molar-refractivity contribution is 9.10. The number of amides is 2. The van der Waals surface area contributed by atoms with Gasteiger partial charge in [-0.15, -0.1) is 0 Å². The predicted octanol–water partition coefficient (Wildman–Crippen LogP) is 3.62. The summed E-state index contributed by atoms with van der Waals surface area (Å²) in [6, 6.07) is 13.3. The van der Waals surface area contributed by atoms with Crippen LogP contribution in [0.2, 0.25) is 0 Å². The third-order valence-electron chi connectivity index (χ3n) is 5.40. The maximum atomic E-state index is 12.7. The molecule has 2 amide bonds. The summed E-state index contributed by atoms with van der Waals surface area (Å²) >= 11 is 3.39. The third kappa shape index (κ3) is 5.83. The lowest BCUT2D eigenvalue weighted by atomic mass is 10.1. The van der Waals surface area contributed by atoms with Crippen molar-refractivity contribution in [2.24, 2.45) is 0 Å². The first-order chi connectivity index (χ1) is 14.3. The second-order valence-corrected chi connectivity index (χ2v) is 8.53. The Morgan fingerprint density at radius 2 is 1.73 bits per heavy atom. The SMILES string of the molecule is Cc1cccc(NC(=O)CN2CCN(C(=O)C(C)Oc3ccc(Br)cc3)CC2)c1C. The zero-order valence-electron chi connectivity index (χ0n) is 17.7. The minimum absolute atomic E-state index is 0.0302. The zero-order chi connectivity index (χ0) is 21.7. The van der Waals surface area contributed by atoms with E-state index in [0.29, 0.717) is 38.5 Å². The van der Waals surface area contributed by atoms with E-state index in [1.807, 2.05) is 61.2 Å². The normalized spacial score (nSPS) is 15.5. The first kappa shape index (κ1) is 22.3. The summed E-state index contributed by atoms with van der Waals surface area (Å²) in [5.74, 6) is 0.605. The van der Waals surface area contributed by atoms with E-state index >= 15 is 0 Å². The molecule has 0 bridgehead atoms. The summed E-state index contributed by atoms with van der Waals surface area (Å²) in [5.41, 5.74) is 3.09. The van der Waals surface area contributed by atoms with Crippen molar-refractivity contribution in [3.05, 3.63) is 58.1 Å². The molecule has 0 aromatic heterocycles. The summed E-state index contributed by atoms with van der Waals surface area (Å²) in [6.07, 6.45) is -0.551. The first-order valence-electron chi connectivity index (χ1n) is 10.1. The molecule has 3 rings (SSSR count). The Bertz CT molecular complexity index is 893. The molecule has 0 saturated carbocycles. The second kappa shape index (κ2) is 10.1. The number of nitrogens with one attached hydrogen (secondary N) is 1. The van der Waals surface area contributed by atoms with Crippen LogP contribution in [0.5, 0.6) is 5.75 Å². The van der Waals surface area contributed by atoms with Gasteiger partial charge in [0.05, 0.1) is 6.54 Å². The van der Waals surface area contributed by atoms with Gasteiger partial charge in [-0.3, -0.25) is 14.5 Å². The smallest absolute Gasteiger partial charge is 0.263 e. The fourth-order valence-corrected chi connectivity index (χ4v) is 3.69. The van der Waals surface area contributed by atoms with Gasteiger partial charge in [-0.05, 0) is 62.2 Å². The largest absolute Gasteiger partial charge is 0.481 e. The van der Waals surface area contributed by atoms with E-state index in [-0.39, 0.29) is 11.8 Å². The average Bonchev–Trinajstić information content (AvgIpc) is 2.73. The molecule has 1 saturated heterocycles. The van der Waals surface area contributed by atoms with E-state index in [4.69, 9.17) is 4.74 Å². The quantitative estimate of drug-likeness (QED) is 0.695. The molecule has 30 heavy (non-hydrogen) atoms. The van der Waals surface area contributed by atoms with Crippen molar-refractivity contribution in [2.75, 3.05) is 38.0 Å². The molecule has 7 heteroatoms. The van der Waals surface area contributed by atoms with Crippen LogP contribution >= 0.6 is 15.9 Å². The van der Waals surface area contributed by atoms with Gasteiger partial charge in [0.25, 0.3) is 5.91 Å². The standard InChI is InChI=1S/C23H28BrN3O3/c1-16-5-4-6-21(17(16)2)25-22(28)15-26-11-13-27(14-12-26)23(29)18(3)30-20-9-7-19(24)8-10-20/h4-10,18H,11-15H2,1-3H3,(H,25,28). The number of hydrogen-bond donors (Lipinski definition) is 1. The molecule has 1 unspecified atom stereocenters. The highest BCUT2D eigenvalue weighted by atomic mass is 79.9. The van der Waals surface area contributed by atoms with Crippen LogP contribution in [0.3, 0.4) is 0 Å². The molecule has 1 atom stereocenters. The topological polar surface area (TPSA) is 61.9 Å². The fourth-order valence-electron chi connectivity index (χ4n) is 3.43. The molecule has 160 valence electrons. The van der Waals surface area contributed by atoms with Crippen molar-refractivity contribution in [1.29, 1.82) is 0 Å². The number of carbonyl (C=O) groups is 2. The van der Waals surface area contributed by atoms with Crippen LogP contribution in [0.1, 0.15) is 18.1 Å². The molecular formula is C23H28BrN3O3. The van der Waals surface area contributed by atoms with Crippen LogP contribution in [0.15, 0.2) is 46.9 Å². The number of benzene rings is 2. The number of carbonyl (C=O) groups excluding carboxylic acids is 2. The molecule has 0 radical (unpaired) electrons. The van der Waals surface area contributed by atoms with Crippen LogP contribution < -0.4 is 10.1 Å². The van der Waals surface area contributed by atoms with Gasteiger partial charge in [-0.1, -0.05) is 28.1 Å². The molecule has 6 nitrogen and oxygen atoms in total. The lowest BCUT2D eigenvalue weighted by molar-refractivity contribution is -0.139. The Balaban J connectivity index is 1.45. The molecule has 1 N–H and O–H groups in total. The fraction of sp³-hybridized carbons (Fsp3) is 0.391. The number of nitrogens with zero attached hydrogens (tertiary/aromatic N) is 2. The van der Waals surface area contributed by atoms with E-state index in [0.717, 1.165) is 21.3 Å². The number of rotatable bonds is 6. The minimum Gasteiger partial charge on any atom is -0.481 e. The molecule has 2 aromatic rings. The summed E-state index contributed by atoms with van der Waals surface area (Å²) in [4.78, 5) is 29.0.